The van der Waals surface area contributed by atoms with Crippen LogP contribution in [0.3, 0.4) is 0 Å². The molecule has 0 aliphatic rings. The second-order valence-corrected chi connectivity index (χ2v) is 3.20. The molecule has 0 amide bonds. The number of carboxylic acids is 1. The molecule has 2 rings (SSSR count). The van der Waals surface area contributed by atoms with Crippen molar-refractivity contribution in [3.63, 3.8) is 0 Å². The Labute approximate surface area is 90.8 Å². The summed E-state index contributed by atoms with van der Waals surface area (Å²) in [7, 11) is 0. The van der Waals surface area contributed by atoms with Crippen LogP contribution in [-0.4, -0.2) is 11.1 Å². The lowest BCUT2D eigenvalue weighted by molar-refractivity contribution is 0.0693. The van der Waals surface area contributed by atoms with E-state index in [9.17, 15) is 9.59 Å². The van der Waals surface area contributed by atoms with Crippen LogP contribution in [0, 0.1) is 0 Å². The lowest BCUT2D eigenvalue weighted by Crippen LogP contribution is -2.15. The minimum Gasteiger partial charge on any atom is -0.477 e. The van der Waals surface area contributed by atoms with Crippen molar-refractivity contribution in [2.45, 2.75) is 0 Å². The second kappa shape index (κ2) is 4.02. The first kappa shape index (κ1) is 10.2. The Hall–Kier alpha value is -2.36. The minimum absolute atomic E-state index is 0.250. The first-order valence-electron chi connectivity index (χ1n) is 4.59. The number of hydrogen-bond acceptors (Lipinski definition) is 3. The summed E-state index contributed by atoms with van der Waals surface area (Å²) in [6.45, 7) is 0. The Morgan fingerprint density at radius 3 is 2.44 bits per heavy atom. The molecular formula is C12H8O4. The monoisotopic (exact) mass is 216 g/mol. The van der Waals surface area contributed by atoms with Crippen LogP contribution in [-0.2, 0) is 0 Å². The van der Waals surface area contributed by atoms with Gasteiger partial charge in [-0.3, -0.25) is 4.79 Å². The van der Waals surface area contributed by atoms with Gasteiger partial charge in [0.2, 0.25) is 5.43 Å². The normalized spacial score (nSPS) is 10.0. The molecule has 0 saturated heterocycles. The van der Waals surface area contributed by atoms with Gasteiger partial charge in [-0.25, -0.2) is 4.79 Å². The summed E-state index contributed by atoms with van der Waals surface area (Å²) in [5.74, 6) is -1.29. The molecule has 1 aromatic carbocycles. The molecule has 0 bridgehead atoms. The lowest BCUT2D eigenvalue weighted by atomic mass is 10.1. The fourth-order valence-electron chi connectivity index (χ4n) is 1.39. The van der Waals surface area contributed by atoms with E-state index in [4.69, 9.17) is 9.52 Å². The van der Waals surface area contributed by atoms with E-state index in [2.05, 4.69) is 0 Å². The number of benzene rings is 1. The zero-order valence-electron chi connectivity index (χ0n) is 8.21. The SMILES string of the molecule is O=C(O)c1cocc(-c2ccccc2)c1=O. The fourth-order valence-corrected chi connectivity index (χ4v) is 1.39. The average Bonchev–Trinajstić information content (AvgIpc) is 2.30. The Morgan fingerprint density at radius 1 is 1.12 bits per heavy atom. The number of carboxylic acid groups (broad SMARTS) is 1. The highest BCUT2D eigenvalue weighted by atomic mass is 16.4. The highest BCUT2D eigenvalue weighted by Crippen LogP contribution is 2.14. The van der Waals surface area contributed by atoms with Gasteiger partial charge < -0.3 is 9.52 Å². The minimum atomic E-state index is -1.29. The smallest absolute Gasteiger partial charge is 0.342 e. The van der Waals surface area contributed by atoms with Crippen LogP contribution in [0.4, 0.5) is 0 Å². The van der Waals surface area contributed by atoms with Gasteiger partial charge in [0.15, 0.2) is 0 Å². The van der Waals surface area contributed by atoms with E-state index in [1.807, 2.05) is 6.07 Å². The molecule has 0 unspecified atom stereocenters. The molecule has 1 heterocycles. The predicted molar refractivity (Wildman–Crippen MR) is 57.4 cm³/mol. The molecule has 1 N–H and O–H groups in total. The molecule has 0 spiro atoms. The maximum Gasteiger partial charge on any atom is 0.342 e. The van der Waals surface area contributed by atoms with Gasteiger partial charge in [0.25, 0.3) is 0 Å². The van der Waals surface area contributed by atoms with Crippen molar-refractivity contribution in [2.75, 3.05) is 0 Å². The van der Waals surface area contributed by atoms with Gasteiger partial charge >= 0.3 is 5.97 Å². The van der Waals surface area contributed by atoms with Crippen LogP contribution >= 0.6 is 0 Å². The molecule has 0 atom stereocenters. The van der Waals surface area contributed by atoms with Gasteiger partial charge in [0.1, 0.15) is 18.1 Å². The molecule has 0 aliphatic carbocycles. The first-order valence-corrected chi connectivity index (χ1v) is 4.59. The topological polar surface area (TPSA) is 67.5 Å². The number of carbonyl (C=O) groups is 1. The van der Waals surface area contributed by atoms with Gasteiger partial charge in [0.05, 0.1) is 5.56 Å². The van der Waals surface area contributed by atoms with Gasteiger partial charge in [0, 0.05) is 0 Å². The van der Waals surface area contributed by atoms with E-state index >= 15 is 0 Å². The van der Waals surface area contributed by atoms with E-state index in [-0.39, 0.29) is 11.1 Å². The summed E-state index contributed by atoms with van der Waals surface area (Å²) in [4.78, 5) is 22.5. The molecule has 0 saturated carbocycles. The molecule has 2 aromatic rings. The summed E-state index contributed by atoms with van der Waals surface area (Å²) < 4.78 is 4.86. The molecule has 0 aliphatic heterocycles. The predicted octanol–water partition coefficient (Wildman–Crippen LogP) is 2.00. The lowest BCUT2D eigenvalue weighted by Gasteiger charge is -2.00. The van der Waals surface area contributed by atoms with Crippen molar-refractivity contribution in [3.8, 4) is 11.1 Å². The molecule has 16 heavy (non-hydrogen) atoms. The number of rotatable bonds is 2. The Morgan fingerprint density at radius 2 is 1.81 bits per heavy atom. The van der Waals surface area contributed by atoms with Gasteiger partial charge in [-0.1, -0.05) is 30.3 Å². The summed E-state index contributed by atoms with van der Waals surface area (Å²) in [6, 6.07) is 8.78. The quantitative estimate of drug-likeness (QED) is 0.833. The van der Waals surface area contributed by atoms with Crippen molar-refractivity contribution in [3.05, 3.63) is 58.6 Å². The highest BCUT2D eigenvalue weighted by molar-refractivity contribution is 5.88. The molecule has 4 heteroatoms. The zero-order valence-corrected chi connectivity index (χ0v) is 8.21. The van der Waals surface area contributed by atoms with E-state index in [0.717, 1.165) is 6.26 Å². The third-order valence-corrected chi connectivity index (χ3v) is 2.18. The van der Waals surface area contributed by atoms with E-state index in [1.165, 1.54) is 6.26 Å². The molecule has 80 valence electrons. The Balaban J connectivity index is 2.64. The van der Waals surface area contributed by atoms with E-state index < -0.39 is 11.4 Å². The second-order valence-electron chi connectivity index (χ2n) is 3.20. The molecule has 0 fully saturated rings. The summed E-state index contributed by atoms with van der Waals surface area (Å²) in [5, 5.41) is 8.78. The Kier molecular flexibility index (Phi) is 2.55. The maximum atomic E-state index is 11.8. The van der Waals surface area contributed by atoms with Crippen molar-refractivity contribution in [1.29, 1.82) is 0 Å². The number of aromatic carboxylic acids is 1. The average molecular weight is 216 g/mol. The van der Waals surface area contributed by atoms with Crippen LogP contribution in [0.2, 0.25) is 0 Å². The van der Waals surface area contributed by atoms with Crippen molar-refractivity contribution < 1.29 is 14.3 Å². The van der Waals surface area contributed by atoms with E-state index in [0.29, 0.717) is 5.56 Å². The summed E-state index contributed by atoms with van der Waals surface area (Å²) in [5.41, 5.74) is -0.00819. The maximum absolute atomic E-state index is 11.8. The molecule has 0 radical (unpaired) electrons. The van der Waals surface area contributed by atoms with Crippen LogP contribution in [0.25, 0.3) is 11.1 Å². The molecule has 1 aromatic heterocycles. The fraction of sp³-hybridized carbons (Fsp3) is 0. The Bertz CT molecular complexity index is 569. The van der Waals surface area contributed by atoms with Crippen molar-refractivity contribution >= 4 is 5.97 Å². The largest absolute Gasteiger partial charge is 0.477 e. The summed E-state index contributed by atoms with van der Waals surface area (Å²) in [6.07, 6.45) is 2.20. The van der Waals surface area contributed by atoms with E-state index in [1.54, 1.807) is 24.3 Å². The number of hydrogen-bond donors (Lipinski definition) is 1. The third kappa shape index (κ3) is 1.72. The van der Waals surface area contributed by atoms with Gasteiger partial charge in [-0.05, 0) is 5.56 Å². The molecule has 4 nitrogen and oxygen atoms in total. The van der Waals surface area contributed by atoms with Crippen LogP contribution in [0.1, 0.15) is 10.4 Å². The van der Waals surface area contributed by atoms with Gasteiger partial charge in [-0.2, -0.15) is 0 Å². The van der Waals surface area contributed by atoms with Crippen LogP contribution < -0.4 is 5.43 Å². The first-order chi connectivity index (χ1) is 7.70. The standard InChI is InChI=1S/C12H8O4/c13-11-9(8-4-2-1-3-5-8)6-16-7-10(11)12(14)15/h1-7H,(H,14,15). The highest BCUT2D eigenvalue weighted by Gasteiger charge is 2.13. The van der Waals surface area contributed by atoms with Crippen molar-refractivity contribution in [1.82, 2.24) is 0 Å². The summed E-state index contributed by atoms with van der Waals surface area (Å²) >= 11 is 0. The molecular weight excluding hydrogens is 208 g/mol. The third-order valence-electron chi connectivity index (χ3n) is 2.18. The van der Waals surface area contributed by atoms with Crippen LogP contribution in [0.5, 0.6) is 0 Å². The van der Waals surface area contributed by atoms with Gasteiger partial charge in [-0.15, -0.1) is 0 Å². The van der Waals surface area contributed by atoms with Crippen LogP contribution in [0.15, 0.2) is 52.1 Å². The van der Waals surface area contributed by atoms with Crippen molar-refractivity contribution in [2.24, 2.45) is 0 Å². The zero-order chi connectivity index (χ0) is 11.5.